The lowest BCUT2D eigenvalue weighted by molar-refractivity contribution is 0.617. The number of hydrogen-bond donors (Lipinski definition) is 0. The van der Waals surface area contributed by atoms with Gasteiger partial charge in [0.15, 0.2) is 11.2 Å². The molecule has 0 unspecified atom stereocenters. The summed E-state index contributed by atoms with van der Waals surface area (Å²) in [5.74, 6) is 1.22. The van der Waals surface area contributed by atoms with Crippen molar-refractivity contribution in [2.75, 3.05) is 0 Å². The van der Waals surface area contributed by atoms with E-state index >= 15 is 0 Å². The largest absolute Gasteiger partial charge is 0.436 e. The van der Waals surface area contributed by atoms with Crippen LogP contribution < -0.4 is 0 Å². The zero-order valence-corrected chi connectivity index (χ0v) is 12.6. The summed E-state index contributed by atoms with van der Waals surface area (Å²) in [6, 6.07) is 23.4. The molecule has 2 heterocycles. The van der Waals surface area contributed by atoms with Gasteiger partial charge in [0.25, 0.3) is 0 Å². The van der Waals surface area contributed by atoms with Crippen molar-refractivity contribution in [3.8, 4) is 22.9 Å². The molecular weight excluding hydrogens is 300 g/mol. The van der Waals surface area contributed by atoms with Crippen molar-refractivity contribution in [2.24, 2.45) is 0 Å². The first-order valence-corrected chi connectivity index (χ1v) is 7.69. The van der Waals surface area contributed by atoms with Crippen LogP contribution in [0.2, 0.25) is 0 Å². The van der Waals surface area contributed by atoms with E-state index < -0.39 is 0 Å². The Hall–Kier alpha value is -3.40. The van der Waals surface area contributed by atoms with E-state index in [1.807, 2.05) is 72.8 Å². The highest BCUT2D eigenvalue weighted by molar-refractivity contribution is 5.78. The molecular formula is C20H12N2O2. The lowest BCUT2D eigenvalue weighted by Gasteiger charge is -1.97. The molecule has 0 radical (unpaired) electrons. The summed E-state index contributed by atoms with van der Waals surface area (Å²) in [4.78, 5) is 9.03. The van der Waals surface area contributed by atoms with E-state index in [1.54, 1.807) is 0 Å². The van der Waals surface area contributed by atoms with Crippen molar-refractivity contribution in [1.82, 2.24) is 9.97 Å². The lowest BCUT2D eigenvalue weighted by atomic mass is 10.1. The number of hydrogen-bond acceptors (Lipinski definition) is 4. The Balaban J connectivity index is 1.54. The molecule has 0 fully saturated rings. The number of benzene rings is 3. The molecule has 0 amide bonds. The van der Waals surface area contributed by atoms with Crippen molar-refractivity contribution in [1.29, 1.82) is 0 Å². The van der Waals surface area contributed by atoms with Crippen LogP contribution in [0.1, 0.15) is 0 Å². The number of nitrogens with zero attached hydrogens (tertiary/aromatic N) is 2. The molecule has 0 atom stereocenters. The van der Waals surface area contributed by atoms with Gasteiger partial charge in [-0.3, -0.25) is 0 Å². The van der Waals surface area contributed by atoms with Gasteiger partial charge in [-0.2, -0.15) is 0 Å². The molecule has 0 spiro atoms. The minimum Gasteiger partial charge on any atom is -0.436 e. The predicted octanol–water partition coefficient (Wildman–Crippen LogP) is 5.30. The Morgan fingerprint density at radius 2 is 0.917 bits per heavy atom. The van der Waals surface area contributed by atoms with E-state index in [0.29, 0.717) is 11.8 Å². The summed E-state index contributed by atoms with van der Waals surface area (Å²) in [5, 5.41) is 0. The van der Waals surface area contributed by atoms with E-state index in [-0.39, 0.29) is 0 Å². The van der Waals surface area contributed by atoms with Crippen molar-refractivity contribution in [3.05, 3.63) is 72.8 Å². The molecule has 5 rings (SSSR count). The molecule has 114 valence electrons. The van der Waals surface area contributed by atoms with Crippen LogP contribution in [0.3, 0.4) is 0 Å². The molecule has 24 heavy (non-hydrogen) atoms. The third kappa shape index (κ3) is 2.08. The van der Waals surface area contributed by atoms with Crippen LogP contribution in [0.5, 0.6) is 0 Å². The molecule has 0 aliphatic heterocycles. The maximum Gasteiger partial charge on any atom is 0.227 e. The maximum atomic E-state index is 5.80. The smallest absolute Gasteiger partial charge is 0.227 e. The van der Waals surface area contributed by atoms with E-state index in [0.717, 1.165) is 33.3 Å². The second-order valence-electron chi connectivity index (χ2n) is 5.55. The molecule has 4 heteroatoms. The number of rotatable bonds is 2. The van der Waals surface area contributed by atoms with Crippen molar-refractivity contribution >= 4 is 22.2 Å². The fraction of sp³-hybridized carbons (Fsp3) is 0. The number of aromatic nitrogens is 2. The van der Waals surface area contributed by atoms with Crippen LogP contribution in [0.25, 0.3) is 45.1 Å². The fourth-order valence-corrected chi connectivity index (χ4v) is 2.75. The van der Waals surface area contributed by atoms with Gasteiger partial charge in [0.1, 0.15) is 11.0 Å². The highest BCUT2D eigenvalue weighted by atomic mass is 16.4. The quantitative estimate of drug-likeness (QED) is 0.443. The number of para-hydroxylation sites is 4. The Bertz CT molecular complexity index is 994. The van der Waals surface area contributed by atoms with Crippen LogP contribution in [-0.4, -0.2) is 9.97 Å². The van der Waals surface area contributed by atoms with E-state index in [9.17, 15) is 0 Å². The van der Waals surface area contributed by atoms with Gasteiger partial charge in [-0.15, -0.1) is 0 Å². The van der Waals surface area contributed by atoms with E-state index in [4.69, 9.17) is 8.83 Å². The third-order valence-electron chi connectivity index (χ3n) is 3.97. The van der Waals surface area contributed by atoms with Gasteiger partial charge < -0.3 is 8.83 Å². The Morgan fingerprint density at radius 3 is 1.33 bits per heavy atom. The minimum atomic E-state index is 0.611. The van der Waals surface area contributed by atoms with Gasteiger partial charge in [0.05, 0.1) is 0 Å². The topological polar surface area (TPSA) is 52.1 Å². The zero-order chi connectivity index (χ0) is 15.9. The van der Waals surface area contributed by atoms with E-state index in [2.05, 4.69) is 9.97 Å². The molecule has 0 aliphatic rings. The van der Waals surface area contributed by atoms with Crippen molar-refractivity contribution in [3.63, 3.8) is 0 Å². The molecule has 0 saturated heterocycles. The molecule has 5 aromatic rings. The SMILES string of the molecule is c1ccc2oc(-c3ccc(-c4nc5ccccc5o4)cc3)nc2c1. The lowest BCUT2D eigenvalue weighted by Crippen LogP contribution is -1.80. The molecule has 0 N–H and O–H groups in total. The summed E-state index contributed by atoms with van der Waals surface area (Å²) >= 11 is 0. The first-order valence-electron chi connectivity index (χ1n) is 7.69. The highest BCUT2D eigenvalue weighted by Crippen LogP contribution is 2.28. The first kappa shape index (κ1) is 13.1. The van der Waals surface area contributed by atoms with Gasteiger partial charge in [0, 0.05) is 11.1 Å². The summed E-state index contributed by atoms with van der Waals surface area (Å²) in [6.45, 7) is 0. The van der Waals surface area contributed by atoms with Crippen LogP contribution in [0.15, 0.2) is 81.6 Å². The maximum absolute atomic E-state index is 5.80. The monoisotopic (exact) mass is 312 g/mol. The molecule has 0 aliphatic carbocycles. The van der Waals surface area contributed by atoms with Gasteiger partial charge in [0.2, 0.25) is 11.8 Å². The molecule has 3 aromatic carbocycles. The normalized spacial score (nSPS) is 11.3. The van der Waals surface area contributed by atoms with Crippen LogP contribution in [-0.2, 0) is 0 Å². The van der Waals surface area contributed by atoms with Crippen LogP contribution in [0, 0.1) is 0 Å². The molecule has 0 saturated carbocycles. The predicted molar refractivity (Wildman–Crippen MR) is 92.4 cm³/mol. The highest BCUT2D eigenvalue weighted by Gasteiger charge is 2.10. The van der Waals surface area contributed by atoms with Crippen LogP contribution >= 0.6 is 0 Å². The molecule has 0 bridgehead atoms. The Kier molecular flexibility index (Phi) is 2.76. The zero-order valence-electron chi connectivity index (χ0n) is 12.6. The number of fused-ring (bicyclic) bond motifs is 2. The summed E-state index contributed by atoms with van der Waals surface area (Å²) < 4.78 is 11.6. The summed E-state index contributed by atoms with van der Waals surface area (Å²) in [6.07, 6.45) is 0. The minimum absolute atomic E-state index is 0.611. The van der Waals surface area contributed by atoms with E-state index in [1.165, 1.54) is 0 Å². The standard InChI is InChI=1S/C20H12N2O2/c1-3-7-17-15(5-1)21-19(23-17)13-9-11-14(12-10-13)20-22-16-6-2-4-8-18(16)24-20/h1-12H. The average Bonchev–Trinajstić information content (AvgIpc) is 3.25. The van der Waals surface area contributed by atoms with Crippen molar-refractivity contribution in [2.45, 2.75) is 0 Å². The van der Waals surface area contributed by atoms with Crippen LogP contribution in [0.4, 0.5) is 0 Å². The fourth-order valence-electron chi connectivity index (χ4n) is 2.75. The van der Waals surface area contributed by atoms with Gasteiger partial charge >= 0.3 is 0 Å². The van der Waals surface area contributed by atoms with Gasteiger partial charge in [-0.1, -0.05) is 24.3 Å². The second kappa shape index (κ2) is 5.06. The summed E-state index contributed by atoms with van der Waals surface area (Å²) in [5.41, 5.74) is 5.13. The Labute approximate surface area is 137 Å². The Morgan fingerprint density at radius 1 is 0.500 bits per heavy atom. The first-order chi connectivity index (χ1) is 11.9. The summed E-state index contributed by atoms with van der Waals surface area (Å²) in [7, 11) is 0. The second-order valence-corrected chi connectivity index (χ2v) is 5.55. The van der Waals surface area contributed by atoms with Gasteiger partial charge in [-0.05, 0) is 48.5 Å². The third-order valence-corrected chi connectivity index (χ3v) is 3.97. The molecule has 4 nitrogen and oxygen atoms in total. The average molecular weight is 312 g/mol. The molecule has 2 aromatic heterocycles. The van der Waals surface area contributed by atoms with Gasteiger partial charge in [-0.25, -0.2) is 9.97 Å². The van der Waals surface area contributed by atoms with Crippen molar-refractivity contribution < 1.29 is 8.83 Å². The number of oxazole rings is 2.